The molecule has 8 aromatic rings. The number of rotatable bonds is 8. The first-order valence-corrected chi connectivity index (χ1v) is 18.5. The SMILES string of the molecule is Cc1cccc(N(c2ccccc2)c2ccc3c(c2)C(O)c2c-3ccc(N(c3ccccc3)c3cccc(C)c3)c2-c2ccccc2-c2ccccc2)c1. The molecule has 1 aliphatic rings. The smallest absolute Gasteiger partial charge is 0.106 e. The molecule has 9 rings (SSSR count). The van der Waals surface area contributed by atoms with Gasteiger partial charge < -0.3 is 14.9 Å². The van der Waals surface area contributed by atoms with Gasteiger partial charge in [-0.3, -0.25) is 0 Å². The Morgan fingerprint density at radius 1 is 0.389 bits per heavy atom. The van der Waals surface area contributed by atoms with Crippen molar-refractivity contribution in [2.75, 3.05) is 9.80 Å². The van der Waals surface area contributed by atoms with Crippen molar-refractivity contribution >= 4 is 34.1 Å². The molecule has 0 spiro atoms. The summed E-state index contributed by atoms with van der Waals surface area (Å²) >= 11 is 0. The maximum absolute atomic E-state index is 12.8. The van der Waals surface area contributed by atoms with Gasteiger partial charge in [0.1, 0.15) is 6.10 Å². The monoisotopic (exact) mass is 696 g/mol. The molecule has 3 heteroatoms. The minimum absolute atomic E-state index is 0.862. The molecule has 0 fully saturated rings. The fraction of sp³-hybridized carbons (Fsp3) is 0.0588. The van der Waals surface area contributed by atoms with Gasteiger partial charge in [0, 0.05) is 39.6 Å². The number of aliphatic hydroxyl groups excluding tert-OH is 1. The molecule has 0 bridgehead atoms. The Bertz CT molecular complexity index is 2600. The highest BCUT2D eigenvalue weighted by molar-refractivity contribution is 6.00. The van der Waals surface area contributed by atoms with E-state index in [1.165, 1.54) is 11.1 Å². The zero-order valence-electron chi connectivity index (χ0n) is 30.4. The van der Waals surface area contributed by atoms with Crippen molar-refractivity contribution in [3.8, 4) is 33.4 Å². The third-order valence-electron chi connectivity index (χ3n) is 10.4. The van der Waals surface area contributed by atoms with Gasteiger partial charge in [-0.05, 0) is 125 Å². The molecule has 0 aromatic heterocycles. The van der Waals surface area contributed by atoms with E-state index in [1.807, 2.05) is 6.07 Å². The van der Waals surface area contributed by atoms with E-state index in [4.69, 9.17) is 0 Å². The average molecular weight is 697 g/mol. The molecule has 54 heavy (non-hydrogen) atoms. The lowest BCUT2D eigenvalue weighted by molar-refractivity contribution is 0.226. The Balaban J connectivity index is 1.29. The van der Waals surface area contributed by atoms with Gasteiger partial charge >= 0.3 is 0 Å². The quantitative estimate of drug-likeness (QED) is 0.171. The molecule has 0 aliphatic heterocycles. The van der Waals surface area contributed by atoms with Crippen molar-refractivity contribution < 1.29 is 5.11 Å². The molecule has 0 radical (unpaired) electrons. The Morgan fingerprint density at radius 3 is 1.52 bits per heavy atom. The van der Waals surface area contributed by atoms with Crippen LogP contribution in [0.3, 0.4) is 0 Å². The highest BCUT2D eigenvalue weighted by Crippen LogP contribution is 2.55. The van der Waals surface area contributed by atoms with Crippen molar-refractivity contribution in [2.45, 2.75) is 20.0 Å². The van der Waals surface area contributed by atoms with Crippen molar-refractivity contribution in [2.24, 2.45) is 0 Å². The van der Waals surface area contributed by atoms with Gasteiger partial charge in [0.15, 0.2) is 0 Å². The summed E-state index contributed by atoms with van der Waals surface area (Å²) in [6.07, 6.45) is -0.862. The third kappa shape index (κ3) is 5.95. The van der Waals surface area contributed by atoms with Crippen LogP contribution in [-0.2, 0) is 0 Å². The summed E-state index contributed by atoms with van der Waals surface area (Å²) in [5, 5.41) is 12.8. The minimum atomic E-state index is -0.862. The van der Waals surface area contributed by atoms with Gasteiger partial charge in [-0.2, -0.15) is 0 Å². The lowest BCUT2D eigenvalue weighted by Crippen LogP contribution is -2.13. The number of para-hydroxylation sites is 2. The van der Waals surface area contributed by atoms with Crippen LogP contribution in [0.2, 0.25) is 0 Å². The van der Waals surface area contributed by atoms with Crippen LogP contribution >= 0.6 is 0 Å². The third-order valence-corrected chi connectivity index (χ3v) is 10.4. The number of hydrogen-bond acceptors (Lipinski definition) is 3. The van der Waals surface area contributed by atoms with Crippen LogP contribution in [0.25, 0.3) is 33.4 Å². The number of hydrogen-bond donors (Lipinski definition) is 1. The predicted octanol–water partition coefficient (Wildman–Crippen LogP) is 13.6. The van der Waals surface area contributed by atoms with Crippen molar-refractivity contribution in [1.82, 2.24) is 0 Å². The van der Waals surface area contributed by atoms with Gasteiger partial charge in [-0.15, -0.1) is 0 Å². The van der Waals surface area contributed by atoms with E-state index in [9.17, 15) is 5.11 Å². The highest BCUT2D eigenvalue weighted by Gasteiger charge is 2.34. The van der Waals surface area contributed by atoms with Crippen LogP contribution in [0.1, 0.15) is 28.4 Å². The molecule has 1 aliphatic carbocycles. The second kappa shape index (κ2) is 14.0. The predicted molar refractivity (Wildman–Crippen MR) is 226 cm³/mol. The fourth-order valence-corrected chi connectivity index (χ4v) is 8.05. The van der Waals surface area contributed by atoms with Gasteiger partial charge in [-0.1, -0.05) is 127 Å². The molecule has 0 saturated heterocycles. The summed E-state index contributed by atoms with van der Waals surface area (Å²) < 4.78 is 0. The Morgan fingerprint density at radius 2 is 0.889 bits per heavy atom. The largest absolute Gasteiger partial charge is 0.384 e. The standard InChI is InChI=1S/C51H40N2O/c1-35-16-14-24-40(32-35)52(38-20-8-4-9-21-38)42-28-29-44-46-30-31-48(53(39-22-10-5-11-23-39)41-25-15-17-36(2)33-41)49(50(46)51(54)47(44)34-42)45-27-13-12-26-43(45)37-18-6-3-7-19-37/h3-34,51,54H,1-2H3. The van der Waals surface area contributed by atoms with Crippen molar-refractivity contribution in [1.29, 1.82) is 0 Å². The molecular formula is C51H40N2O. The average Bonchev–Trinajstić information content (AvgIpc) is 3.50. The van der Waals surface area contributed by atoms with Gasteiger partial charge in [-0.25, -0.2) is 0 Å². The zero-order valence-corrected chi connectivity index (χ0v) is 30.4. The first-order chi connectivity index (χ1) is 26.5. The number of anilines is 6. The van der Waals surface area contributed by atoms with E-state index in [0.717, 1.165) is 78.6 Å². The topological polar surface area (TPSA) is 26.7 Å². The Kier molecular flexibility index (Phi) is 8.63. The molecule has 1 N–H and O–H groups in total. The number of nitrogens with zero attached hydrogens (tertiary/aromatic N) is 2. The van der Waals surface area contributed by atoms with Crippen molar-refractivity contribution in [3.63, 3.8) is 0 Å². The molecule has 1 unspecified atom stereocenters. The van der Waals surface area contributed by atoms with Crippen LogP contribution in [0.5, 0.6) is 0 Å². The second-order valence-electron chi connectivity index (χ2n) is 14.0. The summed E-state index contributed by atoms with van der Waals surface area (Å²) in [7, 11) is 0. The highest BCUT2D eigenvalue weighted by atomic mass is 16.3. The summed E-state index contributed by atoms with van der Waals surface area (Å²) in [4.78, 5) is 4.61. The molecule has 260 valence electrons. The van der Waals surface area contributed by atoms with Gasteiger partial charge in [0.2, 0.25) is 0 Å². The van der Waals surface area contributed by atoms with E-state index < -0.39 is 6.10 Å². The number of fused-ring (bicyclic) bond motifs is 3. The molecule has 0 saturated carbocycles. The summed E-state index contributed by atoms with van der Waals surface area (Å²) in [5.74, 6) is 0. The number of benzene rings is 8. The molecule has 0 heterocycles. The van der Waals surface area contributed by atoms with E-state index >= 15 is 0 Å². The van der Waals surface area contributed by atoms with Gasteiger partial charge in [0.25, 0.3) is 0 Å². The van der Waals surface area contributed by atoms with Crippen LogP contribution in [0.4, 0.5) is 34.1 Å². The number of aliphatic hydroxyl groups is 1. The normalized spacial score (nSPS) is 12.9. The summed E-state index contributed by atoms with van der Waals surface area (Å²) in [6.45, 7) is 4.26. The van der Waals surface area contributed by atoms with Crippen molar-refractivity contribution in [3.05, 3.63) is 216 Å². The molecule has 3 nitrogen and oxygen atoms in total. The van der Waals surface area contributed by atoms with Crippen LogP contribution in [-0.4, -0.2) is 5.11 Å². The van der Waals surface area contributed by atoms with Gasteiger partial charge in [0.05, 0.1) is 5.69 Å². The first-order valence-electron chi connectivity index (χ1n) is 18.5. The second-order valence-corrected chi connectivity index (χ2v) is 14.0. The van der Waals surface area contributed by atoms with Crippen LogP contribution in [0, 0.1) is 13.8 Å². The first kappa shape index (κ1) is 33.2. The lowest BCUT2D eigenvalue weighted by Gasteiger charge is -2.30. The summed E-state index contributed by atoms with van der Waals surface area (Å²) in [5.41, 5.74) is 16.8. The zero-order chi connectivity index (χ0) is 36.6. The summed E-state index contributed by atoms with van der Waals surface area (Å²) in [6, 6.07) is 68.4. The Labute approximate surface area is 317 Å². The molecule has 1 atom stereocenters. The Hall–Kier alpha value is -6.68. The fourth-order valence-electron chi connectivity index (χ4n) is 8.05. The molecule has 8 aromatic carbocycles. The van der Waals surface area contributed by atoms with E-state index in [2.05, 4.69) is 212 Å². The maximum Gasteiger partial charge on any atom is 0.106 e. The number of aryl methyl sites for hydroxylation is 2. The molecular weight excluding hydrogens is 657 g/mol. The van der Waals surface area contributed by atoms with Crippen LogP contribution < -0.4 is 9.80 Å². The van der Waals surface area contributed by atoms with E-state index in [-0.39, 0.29) is 0 Å². The lowest BCUT2D eigenvalue weighted by atomic mass is 9.87. The molecule has 0 amide bonds. The minimum Gasteiger partial charge on any atom is -0.384 e. The van der Waals surface area contributed by atoms with Crippen LogP contribution in [0.15, 0.2) is 194 Å². The maximum atomic E-state index is 12.8. The van der Waals surface area contributed by atoms with E-state index in [1.54, 1.807) is 0 Å². The van der Waals surface area contributed by atoms with E-state index in [0.29, 0.717) is 0 Å².